The summed E-state index contributed by atoms with van der Waals surface area (Å²) in [5.41, 5.74) is 1.97. The van der Waals surface area contributed by atoms with E-state index >= 15 is 0 Å². The highest BCUT2D eigenvalue weighted by atomic mass is 19.1. The van der Waals surface area contributed by atoms with Gasteiger partial charge in [-0.3, -0.25) is 4.79 Å². The Morgan fingerprint density at radius 2 is 1.68 bits per heavy atom. The van der Waals surface area contributed by atoms with E-state index in [-0.39, 0.29) is 11.6 Å². The predicted molar refractivity (Wildman–Crippen MR) is 130 cm³/mol. The van der Waals surface area contributed by atoms with Gasteiger partial charge in [0.1, 0.15) is 11.6 Å². The van der Waals surface area contributed by atoms with E-state index in [9.17, 15) is 9.18 Å². The third-order valence-corrected chi connectivity index (χ3v) is 5.31. The van der Waals surface area contributed by atoms with Crippen LogP contribution in [0.4, 0.5) is 10.1 Å². The van der Waals surface area contributed by atoms with Crippen LogP contribution in [-0.2, 0) is 0 Å². The molecule has 1 heterocycles. The molecule has 0 aliphatic rings. The van der Waals surface area contributed by atoms with Crippen molar-refractivity contribution in [2.24, 2.45) is 0 Å². The molecule has 6 nitrogen and oxygen atoms in total. The Morgan fingerprint density at radius 1 is 0.941 bits per heavy atom. The molecule has 1 amide bonds. The molecule has 0 saturated heterocycles. The quantitative estimate of drug-likeness (QED) is 0.349. The van der Waals surface area contributed by atoms with E-state index in [4.69, 9.17) is 4.74 Å². The first-order valence-corrected chi connectivity index (χ1v) is 10.9. The number of fused-ring (bicyclic) bond motifs is 1. The van der Waals surface area contributed by atoms with Crippen molar-refractivity contribution in [1.82, 2.24) is 14.8 Å². The zero-order valence-electron chi connectivity index (χ0n) is 18.4. The lowest BCUT2D eigenvalue weighted by atomic mass is 10.1. The third-order valence-electron chi connectivity index (χ3n) is 5.31. The molecule has 4 aromatic carbocycles. The summed E-state index contributed by atoms with van der Waals surface area (Å²) in [5, 5.41) is 9.44. The minimum atomic E-state index is -0.441. The van der Waals surface area contributed by atoms with Crippen molar-refractivity contribution in [3.05, 3.63) is 103 Å². The number of anilines is 1. The van der Waals surface area contributed by atoms with Crippen molar-refractivity contribution >= 4 is 22.4 Å². The van der Waals surface area contributed by atoms with Crippen LogP contribution >= 0.6 is 0 Å². The maximum atomic E-state index is 13.5. The molecule has 34 heavy (non-hydrogen) atoms. The van der Waals surface area contributed by atoms with Gasteiger partial charge < -0.3 is 10.1 Å². The summed E-state index contributed by atoms with van der Waals surface area (Å²) in [6, 6.07) is 26.8. The third kappa shape index (κ3) is 4.36. The maximum Gasteiger partial charge on any atom is 0.295 e. The molecule has 5 rings (SSSR count). The molecule has 0 aliphatic heterocycles. The van der Waals surface area contributed by atoms with Gasteiger partial charge in [0.2, 0.25) is 5.82 Å². The summed E-state index contributed by atoms with van der Waals surface area (Å²) in [5.74, 6) is 0.353. The fourth-order valence-electron chi connectivity index (χ4n) is 3.68. The molecule has 0 atom stereocenters. The number of halogens is 1. The lowest BCUT2D eigenvalue weighted by molar-refractivity contribution is 0.101. The summed E-state index contributed by atoms with van der Waals surface area (Å²) in [7, 11) is 0. The second-order valence-corrected chi connectivity index (χ2v) is 7.62. The second-order valence-electron chi connectivity index (χ2n) is 7.62. The maximum absolute atomic E-state index is 13.5. The van der Waals surface area contributed by atoms with Crippen LogP contribution in [-0.4, -0.2) is 27.3 Å². The van der Waals surface area contributed by atoms with Crippen molar-refractivity contribution in [2.45, 2.75) is 6.92 Å². The van der Waals surface area contributed by atoms with Crippen molar-refractivity contribution in [2.75, 3.05) is 11.9 Å². The number of nitrogens with zero attached hydrogens (tertiary/aromatic N) is 3. The Hall–Kier alpha value is -4.52. The van der Waals surface area contributed by atoms with E-state index < -0.39 is 5.91 Å². The molecule has 0 fully saturated rings. The molecule has 1 N–H and O–H groups in total. The first-order valence-electron chi connectivity index (χ1n) is 10.9. The van der Waals surface area contributed by atoms with Crippen molar-refractivity contribution in [1.29, 1.82) is 0 Å². The van der Waals surface area contributed by atoms with E-state index in [2.05, 4.69) is 15.4 Å². The minimum Gasteiger partial charge on any atom is -0.494 e. The highest BCUT2D eigenvalue weighted by Crippen LogP contribution is 2.24. The van der Waals surface area contributed by atoms with E-state index in [1.807, 2.05) is 73.7 Å². The van der Waals surface area contributed by atoms with Crippen LogP contribution in [0, 0.1) is 5.82 Å². The van der Waals surface area contributed by atoms with Gasteiger partial charge >= 0.3 is 0 Å². The van der Waals surface area contributed by atoms with Crippen LogP contribution in [0.5, 0.6) is 5.75 Å². The number of carbonyl (C=O) groups excluding carboxylic acids is 1. The van der Waals surface area contributed by atoms with Gasteiger partial charge in [-0.2, -0.15) is 0 Å². The van der Waals surface area contributed by atoms with Crippen LogP contribution in [0.15, 0.2) is 91.0 Å². The largest absolute Gasteiger partial charge is 0.494 e. The van der Waals surface area contributed by atoms with Crippen molar-refractivity contribution in [3.63, 3.8) is 0 Å². The lowest BCUT2D eigenvalue weighted by Gasteiger charge is -2.08. The molecule has 0 bridgehead atoms. The van der Waals surface area contributed by atoms with E-state index in [0.717, 1.165) is 16.5 Å². The number of hydrogen-bond donors (Lipinski definition) is 1. The molecular formula is C27H21FN4O2. The molecule has 168 valence electrons. The van der Waals surface area contributed by atoms with Crippen LogP contribution in [0.3, 0.4) is 0 Å². The first-order chi connectivity index (χ1) is 16.6. The normalized spacial score (nSPS) is 10.9. The molecule has 0 radical (unpaired) electrons. The number of rotatable bonds is 6. The molecule has 1 aromatic heterocycles. The summed E-state index contributed by atoms with van der Waals surface area (Å²) in [6.07, 6.45) is 0. The molecule has 5 aromatic rings. The highest BCUT2D eigenvalue weighted by molar-refractivity contribution is 6.03. The second kappa shape index (κ2) is 9.15. The summed E-state index contributed by atoms with van der Waals surface area (Å²) in [4.78, 5) is 17.5. The highest BCUT2D eigenvalue weighted by Gasteiger charge is 2.19. The minimum absolute atomic E-state index is 0.00127. The number of hydrogen-bond acceptors (Lipinski definition) is 4. The van der Waals surface area contributed by atoms with Gasteiger partial charge in [0.05, 0.1) is 12.3 Å². The van der Waals surface area contributed by atoms with Crippen molar-refractivity contribution in [3.8, 4) is 22.8 Å². The van der Waals surface area contributed by atoms with E-state index in [1.165, 1.54) is 12.1 Å². The fraction of sp³-hybridized carbons (Fsp3) is 0.0741. The zero-order chi connectivity index (χ0) is 23.5. The van der Waals surface area contributed by atoms with Gasteiger partial charge in [0.15, 0.2) is 5.82 Å². The first kappa shape index (κ1) is 21.3. The average molecular weight is 452 g/mol. The van der Waals surface area contributed by atoms with Gasteiger partial charge in [-0.15, -0.1) is 5.10 Å². The molecule has 0 spiro atoms. The van der Waals surface area contributed by atoms with E-state index in [0.29, 0.717) is 29.4 Å². The molecule has 0 unspecified atom stereocenters. The SMILES string of the molecule is CCOc1ccc(-n2nc(C(=O)Nc3ccc4ccccc4c3)nc2-c2ccc(F)cc2)cc1. The fourth-order valence-corrected chi connectivity index (χ4v) is 3.68. The van der Waals surface area contributed by atoms with Crippen LogP contribution in [0.25, 0.3) is 27.8 Å². The van der Waals surface area contributed by atoms with Gasteiger partial charge in [-0.1, -0.05) is 30.3 Å². The lowest BCUT2D eigenvalue weighted by Crippen LogP contribution is -2.14. The summed E-state index contributed by atoms with van der Waals surface area (Å²) >= 11 is 0. The van der Waals surface area contributed by atoms with Crippen molar-refractivity contribution < 1.29 is 13.9 Å². The number of carbonyl (C=O) groups is 1. The number of aromatic nitrogens is 3. The number of nitrogens with one attached hydrogen (secondary N) is 1. The van der Waals surface area contributed by atoms with Gasteiger partial charge in [0.25, 0.3) is 5.91 Å². The Kier molecular flexibility index (Phi) is 5.74. The zero-order valence-corrected chi connectivity index (χ0v) is 18.4. The molecule has 0 saturated carbocycles. The molecule has 0 aliphatic carbocycles. The van der Waals surface area contributed by atoms with E-state index in [1.54, 1.807) is 16.8 Å². The number of ether oxygens (including phenoxy) is 1. The standard InChI is InChI=1S/C27H21FN4O2/c1-2-34-24-15-13-23(14-16-24)32-26(19-7-10-21(28)11-8-19)30-25(31-32)27(33)29-22-12-9-18-5-3-4-6-20(18)17-22/h3-17H,2H2,1H3,(H,29,33). The Bertz CT molecular complexity index is 1460. The Labute approximate surface area is 195 Å². The predicted octanol–water partition coefficient (Wildman–Crippen LogP) is 5.88. The van der Waals surface area contributed by atoms with Gasteiger partial charge in [-0.25, -0.2) is 14.1 Å². The molecule has 7 heteroatoms. The number of amides is 1. The summed E-state index contributed by atoms with van der Waals surface area (Å²) < 4.78 is 20.6. The Balaban J connectivity index is 1.50. The van der Waals surface area contributed by atoms with Crippen LogP contribution < -0.4 is 10.1 Å². The van der Waals surface area contributed by atoms with Crippen LogP contribution in [0.2, 0.25) is 0 Å². The Morgan fingerprint density at radius 3 is 2.41 bits per heavy atom. The monoisotopic (exact) mass is 452 g/mol. The summed E-state index contributed by atoms with van der Waals surface area (Å²) in [6.45, 7) is 2.47. The smallest absolute Gasteiger partial charge is 0.295 e. The van der Waals surface area contributed by atoms with Crippen LogP contribution in [0.1, 0.15) is 17.5 Å². The van der Waals surface area contributed by atoms with Gasteiger partial charge in [0, 0.05) is 11.3 Å². The van der Waals surface area contributed by atoms with Gasteiger partial charge in [-0.05, 0) is 78.4 Å². The number of benzene rings is 4. The topological polar surface area (TPSA) is 69.0 Å². The molecular weight excluding hydrogens is 431 g/mol. The average Bonchev–Trinajstić information content (AvgIpc) is 3.31.